The monoisotopic (exact) mass is 264 g/mol. The molecule has 1 amide bonds. The van der Waals surface area contributed by atoms with Crippen molar-refractivity contribution in [2.24, 2.45) is 0 Å². The van der Waals surface area contributed by atoms with Crippen LogP contribution in [0.25, 0.3) is 0 Å². The van der Waals surface area contributed by atoms with Crippen molar-refractivity contribution in [3.05, 3.63) is 29.3 Å². The molecule has 0 bridgehead atoms. The van der Waals surface area contributed by atoms with Crippen molar-refractivity contribution < 1.29 is 9.90 Å². The number of aromatic hydroxyl groups is 1. The molecule has 0 spiro atoms. The van der Waals surface area contributed by atoms with Crippen LogP contribution in [0.3, 0.4) is 0 Å². The molecule has 0 aliphatic carbocycles. The summed E-state index contributed by atoms with van der Waals surface area (Å²) in [5.74, 6) is 0.239. The molecule has 0 saturated carbocycles. The lowest BCUT2D eigenvalue weighted by Gasteiger charge is -2.22. The number of phenols is 1. The van der Waals surface area contributed by atoms with Gasteiger partial charge in [-0.25, -0.2) is 0 Å². The third-order valence-corrected chi connectivity index (χ3v) is 3.14. The van der Waals surface area contributed by atoms with Gasteiger partial charge in [0, 0.05) is 18.7 Å². The molecular weight excluding hydrogens is 240 g/mol. The fourth-order valence-corrected chi connectivity index (χ4v) is 2.04. The van der Waals surface area contributed by atoms with Crippen LogP contribution in [0.1, 0.15) is 29.3 Å². The van der Waals surface area contributed by atoms with Crippen LogP contribution in [0.4, 0.5) is 0 Å². The molecule has 106 valence electrons. The van der Waals surface area contributed by atoms with Gasteiger partial charge in [0.05, 0.1) is 0 Å². The zero-order chi connectivity index (χ0) is 14.4. The number of phenolic OH excluding ortho intramolecular Hbond substituents is 1. The van der Waals surface area contributed by atoms with E-state index in [1.807, 2.05) is 32.8 Å². The van der Waals surface area contributed by atoms with Gasteiger partial charge in [0.2, 0.25) is 0 Å². The van der Waals surface area contributed by atoms with Crippen LogP contribution >= 0.6 is 0 Å². The third kappa shape index (κ3) is 4.56. The third-order valence-electron chi connectivity index (χ3n) is 3.14. The maximum atomic E-state index is 12.4. The molecule has 0 fully saturated rings. The normalized spacial score (nSPS) is 10.8. The lowest BCUT2D eigenvalue weighted by Crippen LogP contribution is -2.33. The first-order valence-electron chi connectivity index (χ1n) is 6.69. The Kier molecular flexibility index (Phi) is 5.83. The van der Waals surface area contributed by atoms with Crippen LogP contribution in [0.15, 0.2) is 18.2 Å². The predicted octanol–water partition coefficient (Wildman–Crippen LogP) is 2.11. The number of rotatable bonds is 6. The van der Waals surface area contributed by atoms with E-state index in [1.54, 1.807) is 18.2 Å². The zero-order valence-electron chi connectivity index (χ0n) is 12.3. The van der Waals surface area contributed by atoms with E-state index in [2.05, 4.69) is 4.90 Å². The lowest BCUT2D eigenvalue weighted by atomic mass is 10.1. The number of nitrogens with zero attached hydrogens (tertiary/aromatic N) is 2. The molecule has 0 radical (unpaired) electrons. The van der Waals surface area contributed by atoms with Crippen molar-refractivity contribution in [1.82, 2.24) is 9.80 Å². The van der Waals surface area contributed by atoms with Crippen molar-refractivity contribution in [1.29, 1.82) is 0 Å². The zero-order valence-corrected chi connectivity index (χ0v) is 12.3. The minimum atomic E-state index is 0.0405. The number of aryl methyl sites for hydroxylation is 1. The predicted molar refractivity (Wildman–Crippen MR) is 77.6 cm³/mol. The van der Waals surface area contributed by atoms with Gasteiger partial charge in [-0.05, 0) is 64.7 Å². The van der Waals surface area contributed by atoms with Gasteiger partial charge in [0.1, 0.15) is 5.75 Å². The first-order valence-corrected chi connectivity index (χ1v) is 6.69. The summed E-state index contributed by atoms with van der Waals surface area (Å²) in [7, 11) is 4.06. The Morgan fingerprint density at radius 2 is 1.95 bits per heavy atom. The molecule has 0 unspecified atom stereocenters. The number of hydrogen-bond acceptors (Lipinski definition) is 3. The Morgan fingerprint density at radius 3 is 2.47 bits per heavy atom. The Bertz CT molecular complexity index is 430. The SMILES string of the molecule is CCN(CCCN(C)C)C(=O)c1ccc(O)cc1C. The fraction of sp³-hybridized carbons (Fsp3) is 0.533. The second-order valence-corrected chi connectivity index (χ2v) is 5.04. The van der Waals surface area contributed by atoms with Crippen LogP contribution in [-0.4, -0.2) is 54.5 Å². The summed E-state index contributed by atoms with van der Waals surface area (Å²) >= 11 is 0. The standard InChI is InChI=1S/C15H24N2O2/c1-5-17(10-6-9-16(3)4)15(19)14-8-7-13(18)11-12(14)2/h7-8,11,18H,5-6,9-10H2,1-4H3. The van der Waals surface area contributed by atoms with Gasteiger partial charge in [-0.1, -0.05) is 0 Å². The average Bonchev–Trinajstić information content (AvgIpc) is 2.33. The smallest absolute Gasteiger partial charge is 0.254 e. The largest absolute Gasteiger partial charge is 0.508 e. The van der Waals surface area contributed by atoms with E-state index in [0.717, 1.165) is 25.1 Å². The van der Waals surface area contributed by atoms with E-state index >= 15 is 0 Å². The highest BCUT2D eigenvalue weighted by Gasteiger charge is 2.16. The molecule has 4 heteroatoms. The average molecular weight is 264 g/mol. The minimum absolute atomic E-state index is 0.0405. The first kappa shape index (κ1) is 15.5. The first-order chi connectivity index (χ1) is 8.95. The Hall–Kier alpha value is -1.55. The van der Waals surface area contributed by atoms with Gasteiger partial charge in [-0.3, -0.25) is 4.79 Å². The van der Waals surface area contributed by atoms with E-state index < -0.39 is 0 Å². The second kappa shape index (κ2) is 7.14. The number of carbonyl (C=O) groups is 1. The Morgan fingerprint density at radius 1 is 1.26 bits per heavy atom. The van der Waals surface area contributed by atoms with Gasteiger partial charge in [0.15, 0.2) is 0 Å². The molecule has 0 heterocycles. The van der Waals surface area contributed by atoms with E-state index in [1.165, 1.54) is 0 Å². The molecule has 1 aromatic rings. The minimum Gasteiger partial charge on any atom is -0.508 e. The van der Waals surface area contributed by atoms with Gasteiger partial charge < -0.3 is 14.9 Å². The summed E-state index contributed by atoms with van der Waals surface area (Å²) in [5.41, 5.74) is 1.49. The van der Waals surface area contributed by atoms with Crippen molar-refractivity contribution in [2.75, 3.05) is 33.7 Å². The molecule has 0 atom stereocenters. The molecule has 1 aromatic carbocycles. The summed E-state index contributed by atoms with van der Waals surface area (Å²) < 4.78 is 0. The number of hydrogen-bond donors (Lipinski definition) is 1. The maximum absolute atomic E-state index is 12.4. The van der Waals surface area contributed by atoms with Crippen LogP contribution in [-0.2, 0) is 0 Å². The summed E-state index contributed by atoms with van der Waals surface area (Å²) in [6.45, 7) is 6.27. The maximum Gasteiger partial charge on any atom is 0.254 e. The molecule has 1 N–H and O–H groups in total. The second-order valence-electron chi connectivity index (χ2n) is 5.04. The summed E-state index contributed by atoms with van der Waals surface area (Å²) in [6.07, 6.45) is 0.962. The molecule has 0 saturated heterocycles. The van der Waals surface area contributed by atoms with Crippen molar-refractivity contribution >= 4 is 5.91 Å². The quantitative estimate of drug-likeness (QED) is 0.856. The number of amides is 1. The van der Waals surface area contributed by atoms with Crippen molar-refractivity contribution in [3.63, 3.8) is 0 Å². The highest BCUT2D eigenvalue weighted by Crippen LogP contribution is 2.17. The number of benzene rings is 1. The van der Waals surface area contributed by atoms with Crippen LogP contribution in [0, 0.1) is 6.92 Å². The van der Waals surface area contributed by atoms with E-state index in [0.29, 0.717) is 12.1 Å². The van der Waals surface area contributed by atoms with Crippen LogP contribution in [0.5, 0.6) is 5.75 Å². The van der Waals surface area contributed by atoms with Crippen molar-refractivity contribution in [3.8, 4) is 5.75 Å². The summed E-state index contributed by atoms with van der Waals surface area (Å²) in [6, 6.07) is 4.89. The van der Waals surface area contributed by atoms with Crippen LogP contribution < -0.4 is 0 Å². The Balaban J connectivity index is 2.72. The van der Waals surface area contributed by atoms with E-state index in [-0.39, 0.29) is 11.7 Å². The molecule has 0 aliphatic rings. The summed E-state index contributed by atoms with van der Waals surface area (Å²) in [4.78, 5) is 16.4. The van der Waals surface area contributed by atoms with E-state index in [9.17, 15) is 9.90 Å². The topological polar surface area (TPSA) is 43.8 Å². The van der Waals surface area contributed by atoms with E-state index in [4.69, 9.17) is 0 Å². The molecule has 0 aliphatic heterocycles. The lowest BCUT2D eigenvalue weighted by molar-refractivity contribution is 0.0758. The molecule has 0 aromatic heterocycles. The van der Waals surface area contributed by atoms with Gasteiger partial charge >= 0.3 is 0 Å². The van der Waals surface area contributed by atoms with Crippen LogP contribution in [0.2, 0.25) is 0 Å². The van der Waals surface area contributed by atoms with Gasteiger partial charge in [0.25, 0.3) is 5.91 Å². The highest BCUT2D eigenvalue weighted by molar-refractivity contribution is 5.95. The molecule has 1 rings (SSSR count). The Labute approximate surface area is 115 Å². The molecular formula is C15H24N2O2. The molecule has 19 heavy (non-hydrogen) atoms. The van der Waals surface area contributed by atoms with Gasteiger partial charge in [-0.2, -0.15) is 0 Å². The summed E-state index contributed by atoms with van der Waals surface area (Å²) in [5, 5.41) is 9.39. The van der Waals surface area contributed by atoms with Gasteiger partial charge in [-0.15, -0.1) is 0 Å². The van der Waals surface area contributed by atoms with Crippen molar-refractivity contribution in [2.45, 2.75) is 20.3 Å². The highest BCUT2D eigenvalue weighted by atomic mass is 16.3. The fourth-order valence-electron chi connectivity index (χ4n) is 2.04. The molecule has 4 nitrogen and oxygen atoms in total. The number of carbonyl (C=O) groups excluding carboxylic acids is 1.